The molecule has 1 aromatic carbocycles. The number of aryl methyl sites for hydroxylation is 2. The van der Waals surface area contributed by atoms with Crippen molar-refractivity contribution < 1.29 is 9.59 Å². The summed E-state index contributed by atoms with van der Waals surface area (Å²) in [5.41, 5.74) is 2.26. The highest BCUT2D eigenvalue weighted by Gasteiger charge is 2.22. The van der Waals surface area contributed by atoms with Gasteiger partial charge in [0.15, 0.2) is 0 Å². The summed E-state index contributed by atoms with van der Waals surface area (Å²) in [6.07, 6.45) is 4.79. The van der Waals surface area contributed by atoms with Crippen LogP contribution in [-0.2, 0) is 17.6 Å². The molecule has 4 nitrogen and oxygen atoms in total. The first kappa shape index (κ1) is 16.7. The molecule has 2 N–H and O–H groups in total. The quantitative estimate of drug-likeness (QED) is 0.876. The summed E-state index contributed by atoms with van der Waals surface area (Å²) >= 11 is 1.59. The van der Waals surface area contributed by atoms with E-state index in [0.29, 0.717) is 0 Å². The molecular formula is C19H22N2O2S. The molecule has 5 heteroatoms. The molecule has 2 amide bonds. The van der Waals surface area contributed by atoms with Crippen LogP contribution in [0.15, 0.2) is 36.4 Å². The summed E-state index contributed by atoms with van der Waals surface area (Å²) in [6, 6.07) is 11.3. The summed E-state index contributed by atoms with van der Waals surface area (Å²) < 4.78 is 0. The molecule has 0 saturated heterocycles. The van der Waals surface area contributed by atoms with Gasteiger partial charge in [0.2, 0.25) is 5.91 Å². The van der Waals surface area contributed by atoms with Crippen molar-refractivity contribution in [3.8, 4) is 0 Å². The van der Waals surface area contributed by atoms with E-state index in [9.17, 15) is 9.59 Å². The maximum absolute atomic E-state index is 12.7. The number of thiophene rings is 1. The van der Waals surface area contributed by atoms with Gasteiger partial charge in [-0.05, 0) is 42.9 Å². The standard InChI is InChI=1S/C19H22N2O2S/c1-20-18(22)12-15(13-7-3-2-4-8-13)21-19(23)17-11-14-9-5-6-10-16(14)24-17/h2-4,7-8,11,15H,5-6,9-10,12H2,1H3,(H,20,22)(H,21,23)/t15-/m1/s1. The van der Waals surface area contributed by atoms with Crippen molar-refractivity contribution in [1.82, 2.24) is 10.6 Å². The molecule has 0 unspecified atom stereocenters. The van der Waals surface area contributed by atoms with Crippen LogP contribution >= 0.6 is 11.3 Å². The van der Waals surface area contributed by atoms with E-state index in [-0.39, 0.29) is 24.3 Å². The lowest BCUT2D eigenvalue weighted by molar-refractivity contribution is -0.121. The van der Waals surface area contributed by atoms with Gasteiger partial charge in [0.1, 0.15) is 0 Å². The monoisotopic (exact) mass is 342 g/mol. The van der Waals surface area contributed by atoms with Gasteiger partial charge >= 0.3 is 0 Å². The Morgan fingerprint density at radius 1 is 1.17 bits per heavy atom. The van der Waals surface area contributed by atoms with Crippen LogP contribution in [0.4, 0.5) is 0 Å². The van der Waals surface area contributed by atoms with Crippen LogP contribution in [0, 0.1) is 0 Å². The van der Waals surface area contributed by atoms with Gasteiger partial charge in [-0.15, -0.1) is 11.3 Å². The summed E-state index contributed by atoms with van der Waals surface area (Å²) in [5, 5.41) is 5.66. The minimum atomic E-state index is -0.322. The first-order valence-electron chi connectivity index (χ1n) is 8.35. The van der Waals surface area contributed by atoms with Crippen LogP contribution in [0.2, 0.25) is 0 Å². The number of hydrogen-bond donors (Lipinski definition) is 2. The third-order valence-electron chi connectivity index (χ3n) is 4.40. The Bertz CT molecular complexity index is 701. The Balaban J connectivity index is 1.77. The maximum Gasteiger partial charge on any atom is 0.261 e. The highest BCUT2D eigenvalue weighted by molar-refractivity contribution is 7.14. The second-order valence-electron chi connectivity index (χ2n) is 6.08. The van der Waals surface area contributed by atoms with E-state index in [0.717, 1.165) is 23.3 Å². The molecule has 1 heterocycles. The molecule has 1 aliphatic rings. The van der Waals surface area contributed by atoms with Crippen molar-refractivity contribution in [3.63, 3.8) is 0 Å². The number of amides is 2. The topological polar surface area (TPSA) is 58.2 Å². The number of carbonyl (C=O) groups is 2. The van der Waals surface area contributed by atoms with Crippen molar-refractivity contribution in [2.24, 2.45) is 0 Å². The summed E-state index contributed by atoms with van der Waals surface area (Å²) in [6.45, 7) is 0. The number of rotatable bonds is 5. The number of hydrogen-bond acceptors (Lipinski definition) is 3. The van der Waals surface area contributed by atoms with Crippen LogP contribution in [0.1, 0.15) is 51.0 Å². The van der Waals surface area contributed by atoms with Crippen LogP contribution in [0.25, 0.3) is 0 Å². The van der Waals surface area contributed by atoms with Gasteiger partial charge in [0, 0.05) is 11.9 Å². The van der Waals surface area contributed by atoms with Gasteiger partial charge in [-0.2, -0.15) is 0 Å². The fourth-order valence-electron chi connectivity index (χ4n) is 3.06. The molecule has 0 aliphatic heterocycles. The van der Waals surface area contributed by atoms with E-state index in [1.807, 2.05) is 36.4 Å². The van der Waals surface area contributed by atoms with Crippen molar-refractivity contribution in [1.29, 1.82) is 0 Å². The largest absolute Gasteiger partial charge is 0.359 e. The lowest BCUT2D eigenvalue weighted by atomic mass is 9.99. The molecule has 0 fully saturated rings. The Kier molecular flexibility index (Phi) is 5.30. The van der Waals surface area contributed by atoms with Crippen LogP contribution < -0.4 is 10.6 Å². The molecule has 1 aromatic heterocycles. The van der Waals surface area contributed by atoms with Gasteiger partial charge in [-0.3, -0.25) is 9.59 Å². The van der Waals surface area contributed by atoms with Crippen molar-refractivity contribution in [3.05, 3.63) is 57.3 Å². The van der Waals surface area contributed by atoms with Gasteiger partial charge in [0.05, 0.1) is 17.3 Å². The first-order valence-corrected chi connectivity index (χ1v) is 9.17. The molecule has 3 rings (SSSR count). The second-order valence-corrected chi connectivity index (χ2v) is 7.22. The van der Waals surface area contributed by atoms with Crippen molar-refractivity contribution >= 4 is 23.2 Å². The highest BCUT2D eigenvalue weighted by Crippen LogP contribution is 2.30. The van der Waals surface area contributed by atoms with Gasteiger partial charge in [-0.25, -0.2) is 0 Å². The summed E-state index contributed by atoms with van der Waals surface area (Å²) in [4.78, 5) is 26.6. The fourth-order valence-corrected chi connectivity index (χ4v) is 4.21. The molecule has 0 spiro atoms. The lowest BCUT2D eigenvalue weighted by Gasteiger charge is -2.18. The minimum absolute atomic E-state index is 0.0883. The molecule has 24 heavy (non-hydrogen) atoms. The molecule has 2 aromatic rings. The number of fused-ring (bicyclic) bond motifs is 1. The number of carbonyl (C=O) groups excluding carboxylic acids is 2. The average molecular weight is 342 g/mol. The van der Waals surface area contributed by atoms with Gasteiger partial charge in [0.25, 0.3) is 5.91 Å². The Morgan fingerprint density at radius 3 is 2.62 bits per heavy atom. The summed E-state index contributed by atoms with van der Waals surface area (Å²) in [7, 11) is 1.61. The Morgan fingerprint density at radius 2 is 1.92 bits per heavy atom. The zero-order valence-corrected chi connectivity index (χ0v) is 14.6. The Hall–Kier alpha value is -2.14. The Labute approximate surface area is 146 Å². The van der Waals surface area contributed by atoms with E-state index < -0.39 is 0 Å². The molecule has 1 aliphatic carbocycles. The first-order chi connectivity index (χ1) is 11.7. The van der Waals surface area contributed by atoms with Gasteiger partial charge < -0.3 is 10.6 Å². The third kappa shape index (κ3) is 3.85. The molecule has 0 bridgehead atoms. The predicted molar refractivity (Wildman–Crippen MR) is 96.3 cm³/mol. The fraction of sp³-hybridized carbons (Fsp3) is 0.368. The van der Waals surface area contributed by atoms with E-state index in [2.05, 4.69) is 10.6 Å². The molecule has 1 atom stereocenters. The van der Waals surface area contributed by atoms with Crippen LogP contribution in [0.5, 0.6) is 0 Å². The molecular weight excluding hydrogens is 320 g/mol. The number of nitrogens with one attached hydrogen (secondary N) is 2. The molecule has 0 radical (unpaired) electrons. The van der Waals surface area contributed by atoms with E-state index in [1.165, 1.54) is 23.3 Å². The summed E-state index contributed by atoms with van der Waals surface area (Å²) in [5.74, 6) is -0.179. The molecule has 126 valence electrons. The van der Waals surface area contributed by atoms with Crippen molar-refractivity contribution in [2.45, 2.75) is 38.1 Å². The zero-order chi connectivity index (χ0) is 16.9. The van der Waals surface area contributed by atoms with Crippen LogP contribution in [0.3, 0.4) is 0 Å². The smallest absolute Gasteiger partial charge is 0.261 e. The van der Waals surface area contributed by atoms with Gasteiger partial charge in [-0.1, -0.05) is 30.3 Å². The average Bonchev–Trinajstić information content (AvgIpc) is 3.06. The minimum Gasteiger partial charge on any atom is -0.359 e. The van der Waals surface area contributed by atoms with Crippen LogP contribution in [-0.4, -0.2) is 18.9 Å². The normalized spacial score (nSPS) is 14.5. The SMILES string of the molecule is CNC(=O)C[C@@H](NC(=O)c1cc2c(s1)CCCC2)c1ccccc1. The van der Waals surface area contributed by atoms with E-state index >= 15 is 0 Å². The molecule has 0 saturated carbocycles. The second kappa shape index (κ2) is 7.62. The zero-order valence-electron chi connectivity index (χ0n) is 13.8. The number of benzene rings is 1. The van der Waals surface area contributed by atoms with E-state index in [4.69, 9.17) is 0 Å². The highest BCUT2D eigenvalue weighted by atomic mass is 32.1. The maximum atomic E-state index is 12.7. The third-order valence-corrected chi connectivity index (χ3v) is 5.63. The van der Waals surface area contributed by atoms with E-state index in [1.54, 1.807) is 18.4 Å². The lowest BCUT2D eigenvalue weighted by Crippen LogP contribution is -2.32. The predicted octanol–water partition coefficient (Wildman–Crippen LogP) is 3.23. The van der Waals surface area contributed by atoms with Crippen molar-refractivity contribution in [2.75, 3.05) is 7.05 Å².